The molecule has 1 aromatic carbocycles. The van der Waals surface area contributed by atoms with Crippen LogP contribution in [0.25, 0.3) is 0 Å². The van der Waals surface area contributed by atoms with Gasteiger partial charge < -0.3 is 15.3 Å². The van der Waals surface area contributed by atoms with Crippen LogP contribution in [0.15, 0.2) is 36.5 Å². The Bertz CT molecular complexity index is 604. The molecule has 4 heteroatoms. The molecular formula is C17H21N3O. The molecule has 110 valence electrons. The molecule has 0 spiro atoms. The molecule has 0 unspecified atom stereocenters. The van der Waals surface area contributed by atoms with E-state index in [1.165, 1.54) is 12.8 Å². The Morgan fingerprint density at radius 3 is 2.71 bits per heavy atom. The lowest BCUT2D eigenvalue weighted by molar-refractivity contribution is 0.469. The number of nitrogens with one attached hydrogen (secondary N) is 1. The summed E-state index contributed by atoms with van der Waals surface area (Å²) in [5.74, 6) is 1.38. The van der Waals surface area contributed by atoms with Crippen LogP contribution in [0, 0.1) is 6.92 Å². The zero-order chi connectivity index (χ0) is 14.7. The van der Waals surface area contributed by atoms with Crippen LogP contribution in [0.1, 0.15) is 24.0 Å². The van der Waals surface area contributed by atoms with Crippen molar-refractivity contribution in [3.63, 3.8) is 0 Å². The van der Waals surface area contributed by atoms with Crippen LogP contribution < -0.4 is 10.2 Å². The average molecular weight is 283 g/mol. The summed E-state index contributed by atoms with van der Waals surface area (Å²) in [5, 5.41) is 13.1. The van der Waals surface area contributed by atoms with Crippen molar-refractivity contribution < 1.29 is 5.11 Å². The third-order valence-electron chi connectivity index (χ3n) is 3.90. The molecule has 1 aliphatic rings. The maximum absolute atomic E-state index is 9.84. The Morgan fingerprint density at radius 2 is 2.00 bits per heavy atom. The Balaban J connectivity index is 1.64. The largest absolute Gasteiger partial charge is 0.508 e. The number of phenols is 1. The number of rotatable bonds is 4. The summed E-state index contributed by atoms with van der Waals surface area (Å²) >= 11 is 0. The summed E-state index contributed by atoms with van der Waals surface area (Å²) in [5.41, 5.74) is 3.02. The normalized spacial score (nSPS) is 14.4. The summed E-state index contributed by atoms with van der Waals surface area (Å²) in [4.78, 5) is 6.83. The van der Waals surface area contributed by atoms with Crippen LogP contribution in [0.2, 0.25) is 0 Å². The number of benzene rings is 1. The minimum absolute atomic E-state index is 0.328. The van der Waals surface area contributed by atoms with E-state index in [4.69, 9.17) is 0 Å². The maximum atomic E-state index is 9.84. The van der Waals surface area contributed by atoms with Crippen LogP contribution in [0.5, 0.6) is 5.75 Å². The van der Waals surface area contributed by atoms with E-state index in [9.17, 15) is 5.11 Å². The summed E-state index contributed by atoms with van der Waals surface area (Å²) in [6.07, 6.45) is 4.38. The molecule has 0 bridgehead atoms. The van der Waals surface area contributed by atoms with Crippen molar-refractivity contribution in [3.8, 4) is 5.75 Å². The smallest absolute Gasteiger partial charge is 0.128 e. The first-order valence-corrected chi connectivity index (χ1v) is 7.46. The maximum Gasteiger partial charge on any atom is 0.128 e. The molecule has 2 heterocycles. The number of hydrogen-bond acceptors (Lipinski definition) is 4. The van der Waals surface area contributed by atoms with Gasteiger partial charge in [-0.15, -0.1) is 0 Å². The Morgan fingerprint density at radius 1 is 1.19 bits per heavy atom. The van der Waals surface area contributed by atoms with Crippen molar-refractivity contribution in [1.82, 2.24) is 4.98 Å². The molecule has 1 aromatic heterocycles. The molecule has 0 aliphatic carbocycles. The number of aromatic hydroxyl groups is 1. The summed E-state index contributed by atoms with van der Waals surface area (Å²) < 4.78 is 0. The minimum Gasteiger partial charge on any atom is -0.508 e. The molecule has 0 radical (unpaired) electrons. The van der Waals surface area contributed by atoms with E-state index in [1.54, 1.807) is 6.07 Å². The van der Waals surface area contributed by atoms with E-state index in [-0.39, 0.29) is 0 Å². The first kappa shape index (κ1) is 13.7. The number of pyridine rings is 1. The monoisotopic (exact) mass is 283 g/mol. The molecule has 0 amide bonds. The van der Waals surface area contributed by atoms with Crippen molar-refractivity contribution in [3.05, 3.63) is 47.7 Å². The van der Waals surface area contributed by atoms with E-state index in [0.29, 0.717) is 12.3 Å². The molecular weight excluding hydrogens is 262 g/mol. The Hall–Kier alpha value is -2.23. The van der Waals surface area contributed by atoms with Crippen molar-refractivity contribution in [2.24, 2.45) is 0 Å². The predicted molar refractivity (Wildman–Crippen MR) is 85.9 cm³/mol. The van der Waals surface area contributed by atoms with Gasteiger partial charge in [0.25, 0.3) is 0 Å². The van der Waals surface area contributed by atoms with Crippen LogP contribution >= 0.6 is 0 Å². The number of hydrogen-bond donors (Lipinski definition) is 2. The number of nitrogens with zero attached hydrogens (tertiary/aromatic N) is 2. The van der Waals surface area contributed by atoms with E-state index < -0.39 is 0 Å². The highest BCUT2D eigenvalue weighted by atomic mass is 16.3. The van der Waals surface area contributed by atoms with Crippen molar-refractivity contribution in [1.29, 1.82) is 0 Å². The number of phenolic OH excluding ortho intramolecular Hbond substituents is 1. The molecule has 2 N–H and O–H groups in total. The van der Waals surface area contributed by atoms with Crippen molar-refractivity contribution >= 4 is 11.5 Å². The highest BCUT2D eigenvalue weighted by Gasteiger charge is 2.12. The quantitative estimate of drug-likeness (QED) is 0.904. The van der Waals surface area contributed by atoms with Gasteiger partial charge in [0.05, 0.1) is 11.9 Å². The molecule has 0 atom stereocenters. The first-order valence-electron chi connectivity index (χ1n) is 7.46. The summed E-state index contributed by atoms with van der Waals surface area (Å²) in [6.45, 7) is 4.83. The molecule has 2 aromatic rings. The molecule has 1 fully saturated rings. The molecule has 0 saturated carbocycles. The van der Waals surface area contributed by atoms with E-state index >= 15 is 0 Å². The summed E-state index contributed by atoms with van der Waals surface area (Å²) in [6, 6.07) is 9.75. The second-order valence-corrected chi connectivity index (χ2v) is 5.58. The molecule has 1 saturated heterocycles. The standard InChI is InChI=1S/C17H21N3O/c1-13-4-6-16(21)14(10-13)11-18-15-5-7-17(19-12-15)20-8-2-3-9-20/h4-7,10,12,18,21H,2-3,8-9,11H2,1H3. The first-order chi connectivity index (χ1) is 10.2. The van der Waals surface area contributed by atoms with Gasteiger partial charge in [-0.1, -0.05) is 17.7 Å². The van der Waals surface area contributed by atoms with Gasteiger partial charge in [0.1, 0.15) is 11.6 Å². The van der Waals surface area contributed by atoms with Crippen LogP contribution in [-0.4, -0.2) is 23.2 Å². The van der Waals surface area contributed by atoms with E-state index in [1.807, 2.05) is 31.3 Å². The lowest BCUT2D eigenvalue weighted by Crippen LogP contribution is -2.18. The van der Waals surface area contributed by atoms with Gasteiger partial charge in [-0.05, 0) is 38.0 Å². The second kappa shape index (κ2) is 6.04. The van der Waals surface area contributed by atoms with Gasteiger partial charge >= 0.3 is 0 Å². The minimum atomic E-state index is 0.328. The molecule has 4 nitrogen and oxygen atoms in total. The Kier molecular flexibility index (Phi) is 3.95. The number of aromatic nitrogens is 1. The van der Waals surface area contributed by atoms with Crippen LogP contribution in [0.4, 0.5) is 11.5 Å². The molecule has 3 rings (SSSR count). The predicted octanol–water partition coefficient (Wildman–Crippen LogP) is 3.31. The van der Waals surface area contributed by atoms with Crippen LogP contribution in [0.3, 0.4) is 0 Å². The second-order valence-electron chi connectivity index (χ2n) is 5.58. The Labute approximate surface area is 125 Å². The third-order valence-corrected chi connectivity index (χ3v) is 3.90. The van der Waals surface area contributed by atoms with Gasteiger partial charge in [-0.25, -0.2) is 4.98 Å². The fourth-order valence-corrected chi connectivity index (χ4v) is 2.68. The number of aryl methyl sites for hydroxylation is 1. The van der Waals surface area contributed by atoms with E-state index in [0.717, 1.165) is 35.7 Å². The lowest BCUT2D eigenvalue weighted by Gasteiger charge is -2.16. The van der Waals surface area contributed by atoms with Crippen molar-refractivity contribution in [2.75, 3.05) is 23.3 Å². The third kappa shape index (κ3) is 3.27. The summed E-state index contributed by atoms with van der Waals surface area (Å²) in [7, 11) is 0. The van der Waals surface area contributed by atoms with Gasteiger partial charge in [0.15, 0.2) is 0 Å². The fourth-order valence-electron chi connectivity index (χ4n) is 2.68. The zero-order valence-corrected chi connectivity index (χ0v) is 12.3. The van der Waals surface area contributed by atoms with Crippen molar-refractivity contribution in [2.45, 2.75) is 26.3 Å². The van der Waals surface area contributed by atoms with Gasteiger partial charge in [-0.3, -0.25) is 0 Å². The zero-order valence-electron chi connectivity index (χ0n) is 12.3. The number of anilines is 2. The van der Waals surface area contributed by atoms with E-state index in [2.05, 4.69) is 21.3 Å². The highest BCUT2D eigenvalue weighted by molar-refractivity contribution is 5.50. The van der Waals surface area contributed by atoms with Gasteiger partial charge in [-0.2, -0.15) is 0 Å². The SMILES string of the molecule is Cc1ccc(O)c(CNc2ccc(N3CCCC3)nc2)c1. The van der Waals surface area contributed by atoms with Gasteiger partial charge in [0.2, 0.25) is 0 Å². The topological polar surface area (TPSA) is 48.4 Å². The molecule has 21 heavy (non-hydrogen) atoms. The van der Waals surface area contributed by atoms with Crippen LogP contribution in [-0.2, 0) is 6.54 Å². The molecule has 1 aliphatic heterocycles. The average Bonchev–Trinajstić information content (AvgIpc) is 3.03. The van der Waals surface area contributed by atoms with Gasteiger partial charge in [0, 0.05) is 25.2 Å². The lowest BCUT2D eigenvalue weighted by atomic mass is 10.1. The highest BCUT2D eigenvalue weighted by Crippen LogP contribution is 2.21. The fraction of sp³-hybridized carbons (Fsp3) is 0.353.